The third-order valence-electron chi connectivity index (χ3n) is 3.93. The van der Waals surface area contributed by atoms with Crippen molar-refractivity contribution in [1.82, 2.24) is 0 Å². The third-order valence-corrected chi connectivity index (χ3v) is 5.29. The molecular weight excluding hydrogens is 340 g/mol. The number of ether oxygens (including phenoxy) is 1. The Morgan fingerprint density at radius 1 is 1.12 bits per heavy atom. The Morgan fingerprint density at radius 2 is 1.84 bits per heavy atom. The highest BCUT2D eigenvalue weighted by Crippen LogP contribution is 2.29. The van der Waals surface area contributed by atoms with E-state index in [2.05, 4.69) is 10.0 Å². The first kappa shape index (κ1) is 18.8. The molecule has 7 heteroatoms. The summed E-state index contributed by atoms with van der Waals surface area (Å²) in [5.74, 6) is 0.169. The van der Waals surface area contributed by atoms with Gasteiger partial charge < -0.3 is 10.1 Å². The second-order valence-electron chi connectivity index (χ2n) is 5.62. The van der Waals surface area contributed by atoms with Crippen LogP contribution in [0.1, 0.15) is 24.5 Å². The van der Waals surface area contributed by atoms with Crippen molar-refractivity contribution in [3.05, 3.63) is 47.5 Å². The van der Waals surface area contributed by atoms with E-state index in [-0.39, 0.29) is 17.2 Å². The number of hydrogen-bond acceptors (Lipinski definition) is 4. The van der Waals surface area contributed by atoms with Gasteiger partial charge in [-0.25, -0.2) is 8.42 Å². The highest BCUT2D eigenvalue weighted by atomic mass is 32.2. The van der Waals surface area contributed by atoms with Gasteiger partial charge in [0.1, 0.15) is 5.75 Å². The smallest absolute Gasteiger partial charge is 0.261 e. The number of benzene rings is 2. The average molecular weight is 362 g/mol. The fourth-order valence-electron chi connectivity index (χ4n) is 2.26. The molecule has 6 nitrogen and oxygen atoms in total. The molecule has 0 unspecified atom stereocenters. The normalized spacial score (nSPS) is 11.0. The molecule has 0 aliphatic heterocycles. The zero-order chi connectivity index (χ0) is 18.6. The summed E-state index contributed by atoms with van der Waals surface area (Å²) in [6.45, 7) is 5.48. The number of sulfonamides is 1. The van der Waals surface area contributed by atoms with Gasteiger partial charge >= 0.3 is 0 Å². The fraction of sp³-hybridized carbons (Fsp3) is 0.278. The lowest BCUT2D eigenvalue weighted by Gasteiger charge is -2.14. The summed E-state index contributed by atoms with van der Waals surface area (Å²) in [5.41, 5.74) is 2.69. The van der Waals surface area contributed by atoms with Gasteiger partial charge in [0.15, 0.2) is 0 Å². The highest BCUT2D eigenvalue weighted by molar-refractivity contribution is 7.92. The van der Waals surface area contributed by atoms with Crippen molar-refractivity contribution in [3.63, 3.8) is 0 Å². The van der Waals surface area contributed by atoms with Crippen LogP contribution >= 0.6 is 0 Å². The fourth-order valence-corrected chi connectivity index (χ4v) is 3.40. The number of carbonyl (C=O) groups excluding carboxylic acids is 1. The highest BCUT2D eigenvalue weighted by Gasteiger charge is 2.18. The van der Waals surface area contributed by atoms with Gasteiger partial charge in [0, 0.05) is 6.42 Å². The summed E-state index contributed by atoms with van der Waals surface area (Å²) >= 11 is 0. The molecule has 0 bridgehead atoms. The third kappa shape index (κ3) is 4.30. The molecule has 0 atom stereocenters. The van der Waals surface area contributed by atoms with Crippen LogP contribution in [0, 0.1) is 13.8 Å². The largest absolute Gasteiger partial charge is 0.495 e. The maximum Gasteiger partial charge on any atom is 0.261 e. The lowest BCUT2D eigenvalue weighted by Crippen LogP contribution is -2.15. The Kier molecular flexibility index (Phi) is 5.69. The topological polar surface area (TPSA) is 84.5 Å². The minimum Gasteiger partial charge on any atom is -0.495 e. The standard InChI is InChI=1S/C18H22N2O4S/c1-5-18(21)19-16-11-14(9-10-17(16)24-4)25(22,23)20-15-8-6-7-12(2)13(15)3/h6-11,20H,5H2,1-4H3,(H,19,21). The SMILES string of the molecule is CCC(=O)Nc1cc(S(=O)(=O)Nc2cccc(C)c2C)ccc1OC. The zero-order valence-electron chi connectivity index (χ0n) is 14.7. The van der Waals surface area contributed by atoms with Crippen LogP contribution in [0.25, 0.3) is 0 Å². The average Bonchev–Trinajstić information content (AvgIpc) is 2.58. The predicted molar refractivity (Wildman–Crippen MR) is 98.6 cm³/mol. The summed E-state index contributed by atoms with van der Waals surface area (Å²) in [5, 5.41) is 2.65. The molecule has 0 aliphatic carbocycles. The molecule has 2 aromatic rings. The van der Waals surface area contributed by atoms with E-state index in [1.807, 2.05) is 19.9 Å². The summed E-state index contributed by atoms with van der Waals surface area (Å²) in [7, 11) is -2.34. The first-order valence-electron chi connectivity index (χ1n) is 7.85. The Hall–Kier alpha value is -2.54. The van der Waals surface area contributed by atoms with Crippen LogP contribution in [0.4, 0.5) is 11.4 Å². The number of hydrogen-bond donors (Lipinski definition) is 2. The molecule has 2 aromatic carbocycles. The van der Waals surface area contributed by atoms with E-state index in [0.29, 0.717) is 17.1 Å². The summed E-state index contributed by atoms with van der Waals surface area (Å²) < 4.78 is 33.2. The maximum atomic E-state index is 12.7. The molecule has 2 rings (SSSR count). The van der Waals surface area contributed by atoms with E-state index < -0.39 is 10.0 Å². The monoisotopic (exact) mass is 362 g/mol. The molecule has 0 aromatic heterocycles. The Balaban J connectivity index is 2.40. The molecule has 1 amide bonds. The minimum absolute atomic E-state index is 0.0422. The molecule has 0 heterocycles. The van der Waals surface area contributed by atoms with Gasteiger partial charge in [-0.15, -0.1) is 0 Å². The Bertz CT molecular complexity index is 892. The molecule has 0 saturated carbocycles. The van der Waals surface area contributed by atoms with Crippen molar-refractivity contribution in [3.8, 4) is 5.75 Å². The van der Waals surface area contributed by atoms with Crippen LogP contribution in [-0.2, 0) is 14.8 Å². The summed E-state index contributed by atoms with van der Waals surface area (Å²) in [4.78, 5) is 11.7. The summed E-state index contributed by atoms with van der Waals surface area (Å²) in [6.07, 6.45) is 0.279. The Labute approximate surface area is 148 Å². The van der Waals surface area contributed by atoms with Gasteiger partial charge in [-0.1, -0.05) is 19.1 Å². The second kappa shape index (κ2) is 7.57. The molecule has 0 radical (unpaired) electrons. The number of amides is 1. The number of carbonyl (C=O) groups is 1. The Morgan fingerprint density at radius 3 is 2.48 bits per heavy atom. The first-order chi connectivity index (χ1) is 11.8. The van der Waals surface area contributed by atoms with Crippen molar-refractivity contribution in [2.45, 2.75) is 32.1 Å². The summed E-state index contributed by atoms with van der Waals surface area (Å²) in [6, 6.07) is 9.76. The molecule has 0 saturated heterocycles. The van der Waals surface area contributed by atoms with Gasteiger partial charge in [0.2, 0.25) is 5.91 Å². The first-order valence-corrected chi connectivity index (χ1v) is 9.33. The van der Waals surface area contributed by atoms with E-state index >= 15 is 0 Å². The van der Waals surface area contributed by atoms with Gasteiger partial charge in [-0.05, 0) is 49.2 Å². The molecule has 0 fully saturated rings. The van der Waals surface area contributed by atoms with Crippen molar-refractivity contribution in [2.75, 3.05) is 17.1 Å². The predicted octanol–water partition coefficient (Wildman–Crippen LogP) is 3.46. The van der Waals surface area contributed by atoms with E-state index in [0.717, 1.165) is 11.1 Å². The van der Waals surface area contributed by atoms with Crippen LogP contribution < -0.4 is 14.8 Å². The van der Waals surface area contributed by atoms with E-state index in [1.54, 1.807) is 19.1 Å². The van der Waals surface area contributed by atoms with Crippen molar-refractivity contribution in [1.29, 1.82) is 0 Å². The molecule has 0 aliphatic rings. The minimum atomic E-state index is -3.80. The molecule has 134 valence electrons. The quantitative estimate of drug-likeness (QED) is 0.824. The van der Waals surface area contributed by atoms with E-state index in [9.17, 15) is 13.2 Å². The second-order valence-corrected chi connectivity index (χ2v) is 7.30. The number of anilines is 2. The van der Waals surface area contributed by atoms with Gasteiger partial charge in [0.05, 0.1) is 23.4 Å². The lowest BCUT2D eigenvalue weighted by molar-refractivity contribution is -0.115. The van der Waals surface area contributed by atoms with Crippen molar-refractivity contribution < 1.29 is 17.9 Å². The van der Waals surface area contributed by atoms with Gasteiger partial charge in [-0.3, -0.25) is 9.52 Å². The lowest BCUT2D eigenvalue weighted by atomic mass is 10.1. The molecule has 25 heavy (non-hydrogen) atoms. The number of rotatable bonds is 6. The molecular formula is C18H22N2O4S. The molecule has 2 N–H and O–H groups in total. The van der Waals surface area contributed by atoms with Crippen molar-refractivity contribution in [2.24, 2.45) is 0 Å². The van der Waals surface area contributed by atoms with E-state index in [4.69, 9.17) is 4.74 Å². The number of nitrogens with one attached hydrogen (secondary N) is 2. The maximum absolute atomic E-state index is 12.7. The van der Waals surface area contributed by atoms with Crippen LogP contribution in [0.5, 0.6) is 5.75 Å². The zero-order valence-corrected chi connectivity index (χ0v) is 15.5. The van der Waals surface area contributed by atoms with Crippen LogP contribution in [-0.4, -0.2) is 21.4 Å². The number of aryl methyl sites for hydroxylation is 1. The van der Waals surface area contributed by atoms with Crippen LogP contribution in [0.2, 0.25) is 0 Å². The van der Waals surface area contributed by atoms with Crippen LogP contribution in [0.3, 0.4) is 0 Å². The van der Waals surface area contributed by atoms with Gasteiger partial charge in [0.25, 0.3) is 10.0 Å². The van der Waals surface area contributed by atoms with E-state index in [1.165, 1.54) is 25.3 Å². The van der Waals surface area contributed by atoms with Crippen LogP contribution in [0.15, 0.2) is 41.3 Å². The number of methoxy groups -OCH3 is 1. The molecule has 0 spiro atoms. The van der Waals surface area contributed by atoms with Gasteiger partial charge in [-0.2, -0.15) is 0 Å². The van der Waals surface area contributed by atoms with Crippen molar-refractivity contribution >= 4 is 27.3 Å².